The van der Waals surface area contributed by atoms with E-state index in [4.69, 9.17) is 23.2 Å². The molecule has 1 aromatic heterocycles. The van der Waals surface area contributed by atoms with E-state index < -0.39 is 5.82 Å². The zero-order chi connectivity index (χ0) is 12.6. The van der Waals surface area contributed by atoms with Crippen molar-refractivity contribution in [1.29, 1.82) is 0 Å². The van der Waals surface area contributed by atoms with Crippen LogP contribution in [0.25, 0.3) is 0 Å². The van der Waals surface area contributed by atoms with E-state index in [9.17, 15) is 9.18 Å². The maximum absolute atomic E-state index is 13.2. The number of carbonyl (C=O) groups excluding carboxylic acids is 1. The molecule has 0 radical (unpaired) electrons. The highest BCUT2D eigenvalue weighted by atomic mass is 35.5. The Labute approximate surface area is 112 Å². The van der Waals surface area contributed by atoms with Gasteiger partial charge >= 0.3 is 0 Å². The van der Waals surface area contributed by atoms with Crippen LogP contribution in [0, 0.1) is 12.7 Å². The van der Waals surface area contributed by atoms with Gasteiger partial charge in [-0.3, -0.25) is 4.79 Å². The summed E-state index contributed by atoms with van der Waals surface area (Å²) in [7, 11) is 0. The number of hydrogen-bond acceptors (Lipinski definition) is 2. The van der Waals surface area contributed by atoms with Gasteiger partial charge in [-0.2, -0.15) is 0 Å². The average molecular weight is 289 g/mol. The highest BCUT2D eigenvalue weighted by Crippen LogP contribution is 2.29. The van der Waals surface area contributed by atoms with Crippen molar-refractivity contribution < 1.29 is 9.18 Å². The van der Waals surface area contributed by atoms with E-state index in [1.165, 1.54) is 23.5 Å². The van der Waals surface area contributed by atoms with Gasteiger partial charge in [-0.25, -0.2) is 4.39 Å². The minimum atomic E-state index is -0.600. The Balaban J connectivity index is 2.40. The van der Waals surface area contributed by atoms with E-state index in [-0.39, 0.29) is 16.4 Å². The molecule has 0 saturated carbocycles. The van der Waals surface area contributed by atoms with Crippen LogP contribution in [0.2, 0.25) is 9.36 Å². The van der Waals surface area contributed by atoms with Gasteiger partial charge in [-0.05, 0) is 36.8 Å². The average Bonchev–Trinajstić information content (AvgIpc) is 2.62. The summed E-state index contributed by atoms with van der Waals surface area (Å²) in [6, 6.07) is 5.69. The van der Waals surface area contributed by atoms with Crippen molar-refractivity contribution in [3.63, 3.8) is 0 Å². The molecule has 88 valence electrons. The number of benzene rings is 1. The molecule has 2 aromatic rings. The molecule has 0 aliphatic heterocycles. The van der Waals surface area contributed by atoms with E-state index in [0.717, 1.165) is 11.6 Å². The topological polar surface area (TPSA) is 17.1 Å². The third-order valence-corrected chi connectivity index (χ3v) is 4.12. The predicted octanol–water partition coefficient (Wildman–Crippen LogP) is 4.73. The van der Waals surface area contributed by atoms with Gasteiger partial charge < -0.3 is 0 Å². The molecule has 0 aliphatic carbocycles. The first-order valence-corrected chi connectivity index (χ1v) is 6.32. The molecule has 0 fully saturated rings. The van der Waals surface area contributed by atoms with E-state index in [2.05, 4.69) is 0 Å². The Hall–Kier alpha value is -0.900. The molecule has 0 aliphatic rings. The fourth-order valence-electron chi connectivity index (χ4n) is 1.35. The summed E-state index contributed by atoms with van der Waals surface area (Å²) in [5.74, 6) is -0.850. The lowest BCUT2D eigenvalue weighted by Crippen LogP contribution is -1.99. The number of halogens is 3. The van der Waals surface area contributed by atoms with Crippen LogP contribution in [-0.2, 0) is 0 Å². The van der Waals surface area contributed by atoms with Gasteiger partial charge in [0.05, 0.1) is 14.2 Å². The van der Waals surface area contributed by atoms with Gasteiger partial charge in [-0.1, -0.05) is 23.2 Å². The van der Waals surface area contributed by atoms with Crippen LogP contribution in [0.1, 0.15) is 20.8 Å². The smallest absolute Gasteiger partial charge is 0.203 e. The van der Waals surface area contributed by atoms with E-state index in [1.807, 2.05) is 6.92 Å². The Morgan fingerprint density at radius 2 is 2.00 bits per heavy atom. The second kappa shape index (κ2) is 4.77. The van der Waals surface area contributed by atoms with Crippen LogP contribution in [0.5, 0.6) is 0 Å². The van der Waals surface area contributed by atoms with Crippen LogP contribution in [0.3, 0.4) is 0 Å². The van der Waals surface area contributed by atoms with E-state index >= 15 is 0 Å². The first kappa shape index (κ1) is 12.6. The van der Waals surface area contributed by atoms with Crippen molar-refractivity contribution in [2.45, 2.75) is 6.92 Å². The third-order valence-electron chi connectivity index (χ3n) is 2.26. The molecule has 5 heteroatoms. The molecular formula is C12H7Cl2FOS. The van der Waals surface area contributed by atoms with Crippen LogP contribution < -0.4 is 0 Å². The highest BCUT2D eigenvalue weighted by molar-refractivity contribution is 7.18. The molecular weight excluding hydrogens is 282 g/mol. The van der Waals surface area contributed by atoms with Crippen LogP contribution in [-0.4, -0.2) is 5.78 Å². The Morgan fingerprint density at radius 3 is 2.53 bits per heavy atom. The van der Waals surface area contributed by atoms with Crippen molar-refractivity contribution in [2.75, 3.05) is 0 Å². The van der Waals surface area contributed by atoms with Gasteiger partial charge in [-0.15, -0.1) is 11.3 Å². The van der Waals surface area contributed by atoms with E-state index in [0.29, 0.717) is 9.21 Å². The summed E-state index contributed by atoms with van der Waals surface area (Å²) in [4.78, 5) is 12.5. The van der Waals surface area contributed by atoms with Gasteiger partial charge in [0.2, 0.25) is 5.78 Å². The lowest BCUT2D eigenvalue weighted by Gasteiger charge is -1.99. The van der Waals surface area contributed by atoms with Crippen LogP contribution >= 0.6 is 34.5 Å². The van der Waals surface area contributed by atoms with Crippen molar-refractivity contribution in [3.05, 3.63) is 55.4 Å². The van der Waals surface area contributed by atoms with Gasteiger partial charge in [0.25, 0.3) is 0 Å². The van der Waals surface area contributed by atoms with Crippen molar-refractivity contribution in [2.24, 2.45) is 0 Å². The molecule has 0 saturated heterocycles. The normalized spacial score (nSPS) is 10.6. The summed E-state index contributed by atoms with van der Waals surface area (Å²) in [6.07, 6.45) is 0. The van der Waals surface area contributed by atoms with Gasteiger partial charge in [0, 0.05) is 5.56 Å². The van der Waals surface area contributed by atoms with Gasteiger partial charge in [0.15, 0.2) is 0 Å². The number of ketones is 1. The number of hydrogen-bond donors (Lipinski definition) is 0. The molecule has 0 spiro atoms. The Morgan fingerprint density at radius 1 is 1.29 bits per heavy atom. The summed E-state index contributed by atoms with van der Waals surface area (Å²) in [5, 5.41) is 0.00180. The maximum atomic E-state index is 13.2. The SMILES string of the molecule is Cc1cc(C(=O)c2ccc(Cl)c(F)c2)sc1Cl. The largest absolute Gasteiger partial charge is 0.288 e. The lowest BCUT2D eigenvalue weighted by atomic mass is 10.1. The fourth-order valence-corrected chi connectivity index (χ4v) is 2.63. The molecule has 0 amide bonds. The highest BCUT2D eigenvalue weighted by Gasteiger charge is 2.15. The van der Waals surface area contributed by atoms with E-state index in [1.54, 1.807) is 6.07 Å². The van der Waals surface area contributed by atoms with Crippen molar-refractivity contribution in [1.82, 2.24) is 0 Å². The Kier molecular flexibility index (Phi) is 3.52. The van der Waals surface area contributed by atoms with Crippen LogP contribution in [0.15, 0.2) is 24.3 Å². The minimum Gasteiger partial charge on any atom is -0.288 e. The summed E-state index contributed by atoms with van der Waals surface area (Å²) in [5.41, 5.74) is 1.11. The third kappa shape index (κ3) is 2.51. The molecule has 1 nitrogen and oxygen atoms in total. The summed E-state index contributed by atoms with van der Waals surface area (Å²) in [6.45, 7) is 1.82. The molecule has 1 aromatic carbocycles. The molecule has 17 heavy (non-hydrogen) atoms. The number of rotatable bonds is 2. The predicted molar refractivity (Wildman–Crippen MR) is 68.9 cm³/mol. The molecule has 1 heterocycles. The molecule has 0 atom stereocenters. The zero-order valence-electron chi connectivity index (χ0n) is 8.76. The first-order valence-electron chi connectivity index (χ1n) is 4.74. The quantitative estimate of drug-likeness (QED) is 0.730. The minimum absolute atomic E-state index is 0.00180. The standard InChI is InChI=1S/C12H7Cl2FOS/c1-6-4-10(17-12(6)14)11(16)7-2-3-8(13)9(15)5-7/h2-5H,1H3. The molecule has 0 unspecified atom stereocenters. The fraction of sp³-hybridized carbons (Fsp3) is 0.0833. The maximum Gasteiger partial charge on any atom is 0.203 e. The molecule has 2 rings (SSSR count). The van der Waals surface area contributed by atoms with Crippen LogP contribution in [0.4, 0.5) is 4.39 Å². The molecule has 0 N–H and O–H groups in total. The second-order valence-corrected chi connectivity index (χ2v) is 5.59. The summed E-state index contributed by atoms with van der Waals surface area (Å²) >= 11 is 12.6. The first-order chi connectivity index (χ1) is 7.99. The Bertz CT molecular complexity index is 573. The van der Waals surface area contributed by atoms with Crippen molar-refractivity contribution >= 4 is 40.3 Å². The number of carbonyl (C=O) groups is 1. The zero-order valence-corrected chi connectivity index (χ0v) is 11.1. The van der Waals surface area contributed by atoms with Crippen molar-refractivity contribution in [3.8, 4) is 0 Å². The summed E-state index contributed by atoms with van der Waals surface area (Å²) < 4.78 is 13.8. The molecule has 0 bridgehead atoms. The van der Waals surface area contributed by atoms with Gasteiger partial charge in [0.1, 0.15) is 5.82 Å². The second-order valence-electron chi connectivity index (χ2n) is 3.53. The monoisotopic (exact) mass is 288 g/mol. The number of aryl methyl sites for hydroxylation is 1. The lowest BCUT2D eigenvalue weighted by molar-refractivity contribution is 0.104. The number of thiophene rings is 1.